The van der Waals surface area contributed by atoms with Gasteiger partial charge in [0.1, 0.15) is 5.01 Å². The van der Waals surface area contributed by atoms with Crippen LogP contribution in [0.15, 0.2) is 35.8 Å². The molecule has 2 N–H and O–H groups in total. The minimum absolute atomic E-state index is 0. The van der Waals surface area contributed by atoms with E-state index in [0.717, 1.165) is 42.1 Å². The number of nitrogens with one attached hydrogen (secondary N) is 2. The summed E-state index contributed by atoms with van der Waals surface area (Å²) in [6.45, 7) is 0.928. The van der Waals surface area contributed by atoms with Crippen molar-refractivity contribution < 1.29 is 4.79 Å². The van der Waals surface area contributed by atoms with E-state index in [-0.39, 0.29) is 24.4 Å². The van der Waals surface area contributed by atoms with Crippen molar-refractivity contribution in [3.05, 3.63) is 35.8 Å². The SMILES string of the molecule is Cl.O=C(Nc1cccc(-c2nccs2)c1)[C@@H]1CCCCN1. The molecule has 1 aromatic heterocycles. The number of halogens is 1. The number of rotatable bonds is 3. The standard InChI is InChI=1S/C15H17N3OS.ClH/c19-14(13-6-1-2-7-16-13)18-12-5-3-4-11(10-12)15-17-8-9-20-15;/h3-5,8-10,13,16H,1-2,6-7H2,(H,18,19);1H/t13-;/m0./s1. The summed E-state index contributed by atoms with van der Waals surface area (Å²) in [5, 5.41) is 9.17. The summed E-state index contributed by atoms with van der Waals surface area (Å²) in [6.07, 6.45) is 4.97. The monoisotopic (exact) mass is 323 g/mol. The van der Waals surface area contributed by atoms with Crippen molar-refractivity contribution in [2.75, 3.05) is 11.9 Å². The molecule has 1 atom stereocenters. The molecular weight excluding hydrogens is 306 g/mol. The molecule has 0 radical (unpaired) electrons. The lowest BCUT2D eigenvalue weighted by Crippen LogP contribution is -2.43. The van der Waals surface area contributed by atoms with E-state index in [2.05, 4.69) is 15.6 Å². The Morgan fingerprint density at radius 1 is 1.38 bits per heavy atom. The lowest BCUT2D eigenvalue weighted by molar-refractivity contribution is -0.118. The maximum atomic E-state index is 12.2. The number of piperidine rings is 1. The molecule has 0 aliphatic carbocycles. The molecule has 2 heterocycles. The molecule has 21 heavy (non-hydrogen) atoms. The maximum absolute atomic E-state index is 12.2. The van der Waals surface area contributed by atoms with Gasteiger partial charge in [-0.25, -0.2) is 4.98 Å². The number of hydrogen-bond acceptors (Lipinski definition) is 4. The fourth-order valence-electron chi connectivity index (χ4n) is 2.40. The number of amides is 1. The Labute approximate surface area is 134 Å². The number of carbonyl (C=O) groups excluding carboxylic acids is 1. The van der Waals surface area contributed by atoms with Crippen LogP contribution in [-0.4, -0.2) is 23.5 Å². The van der Waals surface area contributed by atoms with Crippen LogP contribution in [0.5, 0.6) is 0 Å². The Morgan fingerprint density at radius 3 is 3.00 bits per heavy atom. The first-order valence-corrected chi connectivity index (χ1v) is 7.75. The number of nitrogens with zero attached hydrogens (tertiary/aromatic N) is 1. The summed E-state index contributed by atoms with van der Waals surface area (Å²) >= 11 is 1.60. The summed E-state index contributed by atoms with van der Waals surface area (Å²) in [6, 6.07) is 7.78. The van der Waals surface area contributed by atoms with E-state index in [1.54, 1.807) is 17.5 Å². The highest BCUT2D eigenvalue weighted by Crippen LogP contribution is 2.24. The molecule has 1 aliphatic rings. The second-order valence-corrected chi connectivity index (χ2v) is 5.80. The molecule has 4 nitrogen and oxygen atoms in total. The van der Waals surface area contributed by atoms with Gasteiger partial charge in [0.25, 0.3) is 0 Å². The third kappa shape index (κ3) is 4.03. The Kier molecular flexibility index (Phi) is 5.73. The van der Waals surface area contributed by atoms with Crippen LogP contribution in [0.4, 0.5) is 5.69 Å². The lowest BCUT2D eigenvalue weighted by atomic mass is 10.0. The second kappa shape index (κ2) is 7.54. The number of hydrogen-bond donors (Lipinski definition) is 2. The highest BCUT2D eigenvalue weighted by molar-refractivity contribution is 7.13. The first-order valence-electron chi connectivity index (χ1n) is 6.87. The molecule has 1 aliphatic heterocycles. The van der Waals surface area contributed by atoms with Crippen molar-refractivity contribution in [1.82, 2.24) is 10.3 Å². The van der Waals surface area contributed by atoms with Gasteiger partial charge in [-0.1, -0.05) is 18.6 Å². The molecule has 2 aromatic rings. The number of benzene rings is 1. The summed E-state index contributed by atoms with van der Waals surface area (Å²) in [5.41, 5.74) is 1.87. The number of aromatic nitrogens is 1. The average Bonchev–Trinajstić information content (AvgIpc) is 3.03. The van der Waals surface area contributed by atoms with E-state index >= 15 is 0 Å². The Hall–Kier alpha value is -1.43. The number of anilines is 1. The molecule has 0 bridgehead atoms. The zero-order chi connectivity index (χ0) is 13.8. The molecule has 3 rings (SSSR count). The summed E-state index contributed by atoms with van der Waals surface area (Å²) in [5.74, 6) is 0.0565. The second-order valence-electron chi connectivity index (χ2n) is 4.91. The van der Waals surface area contributed by atoms with Crippen LogP contribution in [-0.2, 0) is 4.79 Å². The fraction of sp³-hybridized carbons (Fsp3) is 0.333. The van der Waals surface area contributed by atoms with Crippen molar-refractivity contribution in [1.29, 1.82) is 0 Å². The molecular formula is C15H18ClN3OS. The molecule has 0 spiro atoms. The molecule has 1 aromatic carbocycles. The molecule has 0 unspecified atom stereocenters. The predicted molar refractivity (Wildman–Crippen MR) is 89.1 cm³/mol. The van der Waals surface area contributed by atoms with Gasteiger partial charge in [-0.3, -0.25) is 4.79 Å². The van der Waals surface area contributed by atoms with Crippen molar-refractivity contribution >= 4 is 35.3 Å². The first-order chi connectivity index (χ1) is 9.83. The van der Waals surface area contributed by atoms with Gasteiger partial charge in [-0.05, 0) is 31.5 Å². The molecule has 1 amide bonds. The smallest absolute Gasteiger partial charge is 0.241 e. The van der Waals surface area contributed by atoms with Gasteiger partial charge in [0.05, 0.1) is 6.04 Å². The van der Waals surface area contributed by atoms with E-state index in [1.165, 1.54) is 0 Å². The van der Waals surface area contributed by atoms with Crippen LogP contribution in [0, 0.1) is 0 Å². The van der Waals surface area contributed by atoms with Crippen LogP contribution in [0.25, 0.3) is 10.6 Å². The number of carbonyl (C=O) groups is 1. The van der Waals surface area contributed by atoms with Crippen LogP contribution >= 0.6 is 23.7 Å². The summed E-state index contributed by atoms with van der Waals surface area (Å²) in [4.78, 5) is 16.5. The fourth-order valence-corrected chi connectivity index (χ4v) is 3.04. The van der Waals surface area contributed by atoms with E-state index < -0.39 is 0 Å². The van der Waals surface area contributed by atoms with E-state index in [9.17, 15) is 4.79 Å². The molecule has 6 heteroatoms. The molecule has 112 valence electrons. The van der Waals surface area contributed by atoms with Crippen molar-refractivity contribution in [2.24, 2.45) is 0 Å². The van der Waals surface area contributed by atoms with Gasteiger partial charge in [0, 0.05) is 22.8 Å². The van der Waals surface area contributed by atoms with Gasteiger partial charge in [0.2, 0.25) is 5.91 Å². The van der Waals surface area contributed by atoms with Crippen molar-refractivity contribution in [3.63, 3.8) is 0 Å². The zero-order valence-corrected chi connectivity index (χ0v) is 13.2. The van der Waals surface area contributed by atoms with E-state index in [0.29, 0.717) is 0 Å². The van der Waals surface area contributed by atoms with Gasteiger partial charge >= 0.3 is 0 Å². The van der Waals surface area contributed by atoms with Crippen LogP contribution in [0.2, 0.25) is 0 Å². The minimum atomic E-state index is -0.0627. The Bertz CT molecular complexity index is 582. The lowest BCUT2D eigenvalue weighted by Gasteiger charge is -2.22. The topological polar surface area (TPSA) is 54.0 Å². The summed E-state index contributed by atoms with van der Waals surface area (Å²) < 4.78 is 0. The average molecular weight is 324 g/mol. The highest BCUT2D eigenvalue weighted by atomic mass is 35.5. The Morgan fingerprint density at radius 2 is 2.29 bits per heavy atom. The quantitative estimate of drug-likeness (QED) is 0.911. The zero-order valence-electron chi connectivity index (χ0n) is 11.5. The maximum Gasteiger partial charge on any atom is 0.241 e. The largest absolute Gasteiger partial charge is 0.325 e. The van der Waals surface area contributed by atoms with Gasteiger partial charge in [-0.2, -0.15) is 0 Å². The van der Waals surface area contributed by atoms with Crippen LogP contribution in [0.3, 0.4) is 0 Å². The molecule has 0 saturated carbocycles. The van der Waals surface area contributed by atoms with Crippen LogP contribution in [0.1, 0.15) is 19.3 Å². The minimum Gasteiger partial charge on any atom is -0.325 e. The summed E-state index contributed by atoms with van der Waals surface area (Å²) in [7, 11) is 0. The third-order valence-corrected chi connectivity index (χ3v) is 4.26. The molecule has 1 fully saturated rings. The van der Waals surface area contributed by atoms with Gasteiger partial charge in [-0.15, -0.1) is 23.7 Å². The highest BCUT2D eigenvalue weighted by Gasteiger charge is 2.20. The van der Waals surface area contributed by atoms with E-state index in [4.69, 9.17) is 0 Å². The predicted octanol–water partition coefficient (Wildman–Crippen LogP) is 3.31. The van der Waals surface area contributed by atoms with Crippen molar-refractivity contribution in [2.45, 2.75) is 25.3 Å². The Balaban J connectivity index is 0.00000161. The first kappa shape index (κ1) is 15.9. The molecule has 1 saturated heterocycles. The van der Waals surface area contributed by atoms with E-state index in [1.807, 2.05) is 29.6 Å². The van der Waals surface area contributed by atoms with Crippen molar-refractivity contribution in [3.8, 4) is 10.6 Å². The number of thiazole rings is 1. The third-order valence-electron chi connectivity index (χ3n) is 3.44. The van der Waals surface area contributed by atoms with Crippen LogP contribution < -0.4 is 10.6 Å². The van der Waals surface area contributed by atoms with Gasteiger partial charge in [0.15, 0.2) is 0 Å². The van der Waals surface area contributed by atoms with Gasteiger partial charge < -0.3 is 10.6 Å². The normalized spacial score (nSPS) is 17.8.